The lowest BCUT2D eigenvalue weighted by Gasteiger charge is -2.08. The minimum atomic E-state index is 0.467. The zero-order valence-corrected chi connectivity index (χ0v) is 13.5. The van der Waals surface area contributed by atoms with E-state index in [0.29, 0.717) is 10.7 Å². The Labute approximate surface area is 138 Å². The van der Waals surface area contributed by atoms with Crippen molar-refractivity contribution >= 4 is 29.2 Å². The standard InChI is InChI=1S/C17H16N4OS/c1-22-15-9-8-11-4-2-3-5-13(11)14(15)10-18-21-16(12-6-7-12)19-20-17(21)23/h2-5,8-10,12H,6-7H2,1H3,(H,20,23). The fourth-order valence-electron chi connectivity index (χ4n) is 2.72. The van der Waals surface area contributed by atoms with Gasteiger partial charge in [0.2, 0.25) is 4.77 Å². The van der Waals surface area contributed by atoms with E-state index in [9.17, 15) is 0 Å². The molecule has 1 aromatic heterocycles. The Hall–Kier alpha value is -2.47. The van der Waals surface area contributed by atoms with Crippen LogP contribution in [0.25, 0.3) is 10.8 Å². The molecule has 1 aliphatic carbocycles. The van der Waals surface area contributed by atoms with Crippen molar-refractivity contribution in [1.29, 1.82) is 0 Å². The van der Waals surface area contributed by atoms with Crippen LogP contribution in [-0.4, -0.2) is 28.2 Å². The van der Waals surface area contributed by atoms with Crippen molar-refractivity contribution in [3.8, 4) is 5.75 Å². The third-order valence-corrected chi connectivity index (χ3v) is 4.34. The lowest BCUT2D eigenvalue weighted by Crippen LogP contribution is -1.99. The maximum atomic E-state index is 5.49. The topological polar surface area (TPSA) is 55.2 Å². The number of H-pyrrole nitrogens is 1. The molecule has 1 fully saturated rings. The van der Waals surface area contributed by atoms with E-state index in [1.54, 1.807) is 18.0 Å². The summed E-state index contributed by atoms with van der Waals surface area (Å²) in [6, 6.07) is 12.2. The third-order valence-electron chi connectivity index (χ3n) is 4.07. The molecule has 0 spiro atoms. The van der Waals surface area contributed by atoms with Crippen molar-refractivity contribution in [3.63, 3.8) is 0 Å². The number of ether oxygens (including phenoxy) is 1. The van der Waals surface area contributed by atoms with Gasteiger partial charge in [-0.05, 0) is 41.9 Å². The first kappa shape index (κ1) is 14.1. The predicted molar refractivity (Wildman–Crippen MR) is 92.9 cm³/mol. The second-order valence-electron chi connectivity index (χ2n) is 5.62. The summed E-state index contributed by atoms with van der Waals surface area (Å²) in [5, 5.41) is 13.9. The third kappa shape index (κ3) is 2.55. The summed E-state index contributed by atoms with van der Waals surface area (Å²) in [7, 11) is 1.67. The molecule has 4 rings (SSSR count). The second-order valence-corrected chi connectivity index (χ2v) is 6.01. The molecular weight excluding hydrogens is 308 g/mol. The van der Waals surface area contributed by atoms with Gasteiger partial charge in [0.15, 0.2) is 5.82 Å². The van der Waals surface area contributed by atoms with Crippen LogP contribution in [-0.2, 0) is 0 Å². The molecule has 2 aromatic carbocycles. The first-order chi connectivity index (χ1) is 11.3. The lowest BCUT2D eigenvalue weighted by atomic mass is 10.0. The van der Waals surface area contributed by atoms with E-state index >= 15 is 0 Å². The highest BCUT2D eigenvalue weighted by molar-refractivity contribution is 7.71. The summed E-state index contributed by atoms with van der Waals surface area (Å²) in [6.07, 6.45) is 4.10. The lowest BCUT2D eigenvalue weighted by molar-refractivity contribution is 0.415. The van der Waals surface area contributed by atoms with Crippen molar-refractivity contribution < 1.29 is 4.74 Å². The molecule has 116 valence electrons. The molecule has 3 aromatic rings. The minimum Gasteiger partial charge on any atom is -0.496 e. The van der Waals surface area contributed by atoms with Gasteiger partial charge in [-0.3, -0.25) is 5.10 Å². The van der Waals surface area contributed by atoms with Gasteiger partial charge < -0.3 is 4.74 Å². The highest BCUT2D eigenvalue weighted by Crippen LogP contribution is 2.38. The zero-order valence-electron chi connectivity index (χ0n) is 12.7. The van der Waals surface area contributed by atoms with Gasteiger partial charge in [-0.15, -0.1) is 0 Å². The average Bonchev–Trinajstić information content (AvgIpc) is 3.36. The van der Waals surface area contributed by atoms with E-state index in [1.807, 2.05) is 24.3 Å². The predicted octanol–water partition coefficient (Wildman–Crippen LogP) is 3.86. The van der Waals surface area contributed by atoms with Gasteiger partial charge in [0.25, 0.3) is 0 Å². The Balaban J connectivity index is 1.84. The Bertz CT molecular complexity index is 953. The van der Waals surface area contributed by atoms with Crippen molar-refractivity contribution in [2.45, 2.75) is 18.8 Å². The molecule has 1 heterocycles. The SMILES string of the molecule is COc1ccc2ccccc2c1C=Nn1c(C2CC2)n[nH]c1=S. The average molecular weight is 324 g/mol. The summed E-state index contributed by atoms with van der Waals surface area (Å²) < 4.78 is 7.73. The van der Waals surface area contributed by atoms with E-state index in [4.69, 9.17) is 17.0 Å². The maximum absolute atomic E-state index is 5.49. The zero-order chi connectivity index (χ0) is 15.8. The van der Waals surface area contributed by atoms with Crippen LogP contribution in [0.4, 0.5) is 0 Å². The number of hydrogen-bond acceptors (Lipinski definition) is 4. The van der Waals surface area contributed by atoms with Gasteiger partial charge in [0.1, 0.15) is 5.75 Å². The fourth-order valence-corrected chi connectivity index (χ4v) is 2.91. The number of methoxy groups -OCH3 is 1. The van der Waals surface area contributed by atoms with Gasteiger partial charge >= 0.3 is 0 Å². The number of nitrogens with one attached hydrogen (secondary N) is 1. The molecule has 0 radical (unpaired) electrons. The number of nitrogens with zero attached hydrogens (tertiary/aromatic N) is 3. The Kier molecular flexibility index (Phi) is 3.46. The first-order valence-corrected chi connectivity index (χ1v) is 7.96. The number of benzene rings is 2. The van der Waals surface area contributed by atoms with Crippen LogP contribution in [0, 0.1) is 4.77 Å². The van der Waals surface area contributed by atoms with Crippen molar-refractivity contribution in [1.82, 2.24) is 14.9 Å². The smallest absolute Gasteiger partial charge is 0.216 e. The van der Waals surface area contributed by atoms with Crippen LogP contribution < -0.4 is 4.74 Å². The van der Waals surface area contributed by atoms with Crippen LogP contribution in [0.2, 0.25) is 0 Å². The summed E-state index contributed by atoms with van der Waals surface area (Å²) in [4.78, 5) is 0. The van der Waals surface area contributed by atoms with Crippen LogP contribution in [0.5, 0.6) is 5.75 Å². The van der Waals surface area contributed by atoms with E-state index in [-0.39, 0.29) is 0 Å². The molecule has 23 heavy (non-hydrogen) atoms. The number of hydrogen-bond donors (Lipinski definition) is 1. The largest absolute Gasteiger partial charge is 0.496 e. The van der Waals surface area contributed by atoms with Crippen molar-refractivity contribution in [2.24, 2.45) is 5.10 Å². The van der Waals surface area contributed by atoms with E-state index in [2.05, 4.69) is 27.4 Å². The van der Waals surface area contributed by atoms with Gasteiger partial charge in [-0.2, -0.15) is 14.9 Å². The molecule has 0 atom stereocenters. The van der Waals surface area contributed by atoms with Crippen LogP contribution in [0.3, 0.4) is 0 Å². The molecule has 1 aliphatic rings. The monoisotopic (exact) mass is 324 g/mol. The quantitative estimate of drug-likeness (QED) is 0.585. The van der Waals surface area contributed by atoms with Gasteiger partial charge in [-0.1, -0.05) is 30.3 Å². The van der Waals surface area contributed by atoms with E-state index in [1.165, 1.54) is 0 Å². The normalized spacial score (nSPS) is 14.7. The number of rotatable bonds is 4. The van der Waals surface area contributed by atoms with E-state index < -0.39 is 0 Å². The van der Waals surface area contributed by atoms with Gasteiger partial charge in [-0.25, -0.2) is 0 Å². The number of fused-ring (bicyclic) bond motifs is 1. The summed E-state index contributed by atoms with van der Waals surface area (Å²) in [5.74, 6) is 2.16. The number of aromatic amines is 1. The highest BCUT2D eigenvalue weighted by atomic mass is 32.1. The molecule has 0 unspecified atom stereocenters. The molecule has 1 N–H and O–H groups in total. The molecule has 0 bridgehead atoms. The molecule has 6 heteroatoms. The van der Waals surface area contributed by atoms with Gasteiger partial charge in [0.05, 0.1) is 13.3 Å². The van der Waals surface area contributed by atoms with E-state index in [0.717, 1.165) is 40.8 Å². The summed E-state index contributed by atoms with van der Waals surface area (Å²) in [5.41, 5.74) is 0.940. The summed E-state index contributed by atoms with van der Waals surface area (Å²) in [6.45, 7) is 0. The van der Waals surface area contributed by atoms with Crippen LogP contribution in [0.1, 0.15) is 30.1 Å². The first-order valence-electron chi connectivity index (χ1n) is 7.55. The minimum absolute atomic E-state index is 0.467. The van der Waals surface area contributed by atoms with Crippen molar-refractivity contribution in [2.75, 3.05) is 7.11 Å². The number of aromatic nitrogens is 3. The second kappa shape index (κ2) is 5.62. The Morgan fingerprint density at radius 3 is 2.91 bits per heavy atom. The molecule has 0 amide bonds. The van der Waals surface area contributed by atoms with Gasteiger partial charge in [0, 0.05) is 11.5 Å². The maximum Gasteiger partial charge on any atom is 0.216 e. The molecule has 1 saturated carbocycles. The molecule has 0 aliphatic heterocycles. The van der Waals surface area contributed by atoms with Crippen molar-refractivity contribution in [3.05, 3.63) is 52.6 Å². The summed E-state index contributed by atoms with van der Waals surface area (Å²) >= 11 is 5.29. The molecular formula is C17H16N4OS. The molecule has 0 saturated heterocycles. The molecule has 5 nitrogen and oxygen atoms in total. The Morgan fingerprint density at radius 1 is 1.30 bits per heavy atom. The fraction of sp³-hybridized carbons (Fsp3) is 0.235. The highest BCUT2D eigenvalue weighted by Gasteiger charge is 2.29. The van der Waals surface area contributed by atoms with Crippen LogP contribution in [0.15, 0.2) is 41.5 Å². The van der Waals surface area contributed by atoms with Crippen LogP contribution >= 0.6 is 12.2 Å². The Morgan fingerprint density at radius 2 is 2.13 bits per heavy atom.